The SMILES string of the molecule is C.COc1cc(N)c(C(=O)O)cc1Br.COc1ccc(C#N)c([N+](=O)[O-])c1.COc1ccc(C(=O)O)c(N)c1.COc1ccc(C(=O)O)c([N+](=O)[O-])c1.COc1ccc(N)c([N+](=O)[O-])c1.O.O=S(=O)(O)O. The van der Waals surface area contributed by atoms with E-state index in [4.69, 9.17) is 79.0 Å². The topological polar surface area (TPSA) is 495 Å². The molecule has 29 nitrogen and oxygen atoms in total. The Bertz CT molecular complexity index is 2800. The number of nitrogen functional groups attached to an aromatic ring is 3. The number of nitrogens with zero attached hydrogens (tertiary/aromatic N) is 4. The molecule has 386 valence electrons. The van der Waals surface area contributed by atoms with Gasteiger partial charge in [-0.05, 0) is 70.5 Å². The van der Waals surface area contributed by atoms with Crippen LogP contribution in [0.15, 0.2) is 89.4 Å². The Morgan fingerprint density at radius 1 is 0.563 bits per heavy atom. The van der Waals surface area contributed by atoms with Gasteiger partial charge in [-0.25, -0.2) is 14.4 Å². The van der Waals surface area contributed by atoms with Crippen molar-refractivity contribution < 1.29 is 91.2 Å². The lowest BCUT2D eigenvalue weighted by Gasteiger charge is -2.06. The Morgan fingerprint density at radius 3 is 1.28 bits per heavy atom. The van der Waals surface area contributed by atoms with Crippen LogP contribution in [0.2, 0.25) is 0 Å². The van der Waals surface area contributed by atoms with E-state index in [0.29, 0.717) is 27.5 Å². The number of benzene rings is 5. The number of halogens is 1. The van der Waals surface area contributed by atoms with Gasteiger partial charge in [0.15, 0.2) is 0 Å². The summed E-state index contributed by atoms with van der Waals surface area (Å²) >= 11 is 3.17. The molecule has 0 fully saturated rings. The highest BCUT2D eigenvalue weighted by molar-refractivity contribution is 9.10. The highest BCUT2D eigenvalue weighted by Gasteiger charge is 2.20. The maximum atomic E-state index is 10.6. The van der Waals surface area contributed by atoms with Crippen LogP contribution in [0.1, 0.15) is 44.1 Å². The zero-order valence-electron chi connectivity index (χ0n) is 36.7. The standard InChI is InChI=1S/C8H8BrNO3.C8H6N2O3.C8H7NO5.C8H9NO3.C7H8N2O3.CH4.H2O4S.H2O/c1-13-7-3-6(10)4(8(11)12)2-5(7)9;1-13-7-3-2-6(5-9)8(4-7)10(11)12;1-14-5-2-3-6(8(10)11)7(4-5)9(12)13;1-12-5-2-3-6(8(10)11)7(9)4-5;1-12-5-2-3-6(8)7(4-5)9(10)11;;1-5(2,3)4;/h2-3H,10H2,1H3,(H,11,12);2-4H,1H3;2-4H,1H3,(H,10,11);2-4H,9H2,1H3,(H,10,11);2-4H,8H2,1H3;1H4;(H2,1,2,3,4);1H2. The maximum absolute atomic E-state index is 10.6. The molecule has 5 aromatic carbocycles. The molecule has 0 aliphatic rings. The fourth-order valence-electron chi connectivity index (χ4n) is 4.44. The number of methoxy groups -OCH3 is 5. The monoisotopic (exact) mass is 1090 g/mol. The highest BCUT2D eigenvalue weighted by atomic mass is 79.9. The normalized spacial score (nSPS) is 9.28. The number of nitrogens with two attached hydrogens (primary N) is 3. The predicted molar refractivity (Wildman–Crippen MR) is 256 cm³/mol. The van der Waals surface area contributed by atoms with Crippen molar-refractivity contribution in [2.24, 2.45) is 0 Å². The van der Waals surface area contributed by atoms with Gasteiger partial charge in [0.1, 0.15) is 51.6 Å². The van der Waals surface area contributed by atoms with Gasteiger partial charge in [-0.15, -0.1) is 0 Å². The summed E-state index contributed by atoms with van der Waals surface area (Å²) in [7, 11) is 2.51. The third-order valence-electron chi connectivity index (χ3n) is 7.63. The number of nitro benzene ring substituents is 3. The molecule has 0 aromatic heterocycles. The van der Waals surface area contributed by atoms with Crippen LogP contribution < -0.4 is 40.9 Å². The zero-order chi connectivity index (χ0) is 53.3. The smallest absolute Gasteiger partial charge is 0.394 e. The Kier molecular flexibility index (Phi) is 29.6. The number of hydrogen-bond donors (Lipinski definition) is 8. The number of rotatable bonds is 11. The maximum Gasteiger partial charge on any atom is 0.394 e. The average molecular weight is 1090 g/mol. The summed E-state index contributed by atoms with van der Waals surface area (Å²) in [5, 5.41) is 65.8. The minimum atomic E-state index is -4.67. The fraction of sp³-hybridized carbons (Fsp3) is 0.150. The van der Waals surface area contributed by atoms with Crippen molar-refractivity contribution in [3.63, 3.8) is 0 Å². The molecule has 0 saturated carbocycles. The molecule has 0 heterocycles. The summed E-state index contributed by atoms with van der Waals surface area (Å²) < 4.78 is 56.3. The van der Waals surface area contributed by atoms with Gasteiger partial charge in [-0.1, -0.05) is 7.43 Å². The molecule has 0 saturated heterocycles. The second kappa shape index (κ2) is 31.8. The van der Waals surface area contributed by atoms with E-state index in [-0.39, 0.29) is 69.3 Å². The van der Waals surface area contributed by atoms with Gasteiger partial charge in [-0.2, -0.15) is 13.7 Å². The average Bonchev–Trinajstić information content (AvgIpc) is 3.29. The molecular formula is C40H46BrN7O22S. The van der Waals surface area contributed by atoms with Crippen LogP contribution >= 0.6 is 15.9 Å². The lowest BCUT2D eigenvalue weighted by Crippen LogP contribution is -2.02. The quantitative estimate of drug-likeness (QED) is 0.0333. The lowest BCUT2D eigenvalue weighted by atomic mass is 10.2. The van der Waals surface area contributed by atoms with Gasteiger partial charge >= 0.3 is 28.3 Å². The Morgan fingerprint density at radius 2 is 0.915 bits per heavy atom. The van der Waals surface area contributed by atoms with Gasteiger partial charge in [0.2, 0.25) is 0 Å². The second-order valence-corrected chi connectivity index (χ2v) is 13.7. The van der Waals surface area contributed by atoms with Crippen molar-refractivity contribution in [2.75, 3.05) is 52.7 Å². The molecule has 31 heteroatoms. The van der Waals surface area contributed by atoms with Crippen molar-refractivity contribution in [1.29, 1.82) is 5.26 Å². The zero-order valence-corrected chi connectivity index (χ0v) is 39.1. The summed E-state index contributed by atoms with van der Waals surface area (Å²) in [6, 6.07) is 21.0. The third-order valence-corrected chi connectivity index (χ3v) is 8.25. The number of carboxylic acids is 3. The second-order valence-electron chi connectivity index (χ2n) is 12.0. The first kappa shape index (κ1) is 66.2. The summed E-state index contributed by atoms with van der Waals surface area (Å²) in [5.74, 6) is -1.31. The van der Waals surface area contributed by atoms with Gasteiger partial charge in [0, 0.05) is 23.5 Å². The van der Waals surface area contributed by atoms with Crippen LogP contribution in [0, 0.1) is 41.7 Å². The minimum absolute atomic E-state index is 0. The molecule has 0 amide bonds. The Hall–Kier alpha value is -9.09. The van der Waals surface area contributed by atoms with Crippen LogP contribution in [0.5, 0.6) is 28.7 Å². The first-order valence-electron chi connectivity index (χ1n) is 17.7. The van der Waals surface area contributed by atoms with E-state index in [1.807, 2.05) is 0 Å². The lowest BCUT2D eigenvalue weighted by molar-refractivity contribution is -0.385. The number of ether oxygens (including phenoxy) is 5. The minimum Gasteiger partial charge on any atom is -0.497 e. The number of hydrogen-bond acceptors (Lipinski definition) is 20. The van der Waals surface area contributed by atoms with E-state index >= 15 is 0 Å². The van der Waals surface area contributed by atoms with Crippen molar-refractivity contribution in [1.82, 2.24) is 0 Å². The number of aromatic carboxylic acids is 3. The fourth-order valence-corrected chi connectivity index (χ4v) is 4.94. The van der Waals surface area contributed by atoms with Gasteiger partial charge < -0.3 is 61.7 Å². The van der Waals surface area contributed by atoms with E-state index in [2.05, 4.69) is 15.9 Å². The van der Waals surface area contributed by atoms with Crippen molar-refractivity contribution >= 4 is 78.4 Å². The molecule has 0 atom stereocenters. The first-order chi connectivity index (χ1) is 32.1. The van der Waals surface area contributed by atoms with E-state index < -0.39 is 48.8 Å². The number of nitro groups is 3. The molecular weight excluding hydrogens is 1040 g/mol. The largest absolute Gasteiger partial charge is 0.497 e. The molecule has 0 aliphatic carbocycles. The summed E-state index contributed by atoms with van der Waals surface area (Å²) in [4.78, 5) is 61.1. The third kappa shape index (κ3) is 23.5. The molecule has 5 rings (SSSR count). The predicted octanol–water partition coefficient (Wildman–Crippen LogP) is 5.83. The molecule has 5 aromatic rings. The molecule has 0 aliphatic heterocycles. The molecule has 13 N–H and O–H groups in total. The van der Waals surface area contributed by atoms with Crippen LogP contribution in [-0.4, -0.2) is 107 Å². The van der Waals surface area contributed by atoms with E-state index in [1.54, 1.807) is 18.2 Å². The summed E-state index contributed by atoms with van der Waals surface area (Å²) in [5.41, 5.74) is 15.8. The first-order valence-corrected chi connectivity index (χ1v) is 19.9. The number of carbonyl (C=O) groups is 3. The summed E-state index contributed by atoms with van der Waals surface area (Å²) in [6.07, 6.45) is 0. The summed E-state index contributed by atoms with van der Waals surface area (Å²) in [6.45, 7) is 0. The van der Waals surface area contributed by atoms with Crippen LogP contribution in [-0.2, 0) is 10.4 Å². The van der Waals surface area contributed by atoms with Crippen LogP contribution in [0.3, 0.4) is 0 Å². The Labute approximate surface area is 410 Å². The number of carboxylic acid groups (broad SMARTS) is 3. The number of nitriles is 1. The van der Waals surface area contributed by atoms with Crippen molar-refractivity contribution in [2.45, 2.75) is 7.43 Å². The molecule has 71 heavy (non-hydrogen) atoms. The van der Waals surface area contributed by atoms with Crippen LogP contribution in [0.25, 0.3) is 0 Å². The van der Waals surface area contributed by atoms with Crippen molar-refractivity contribution in [3.05, 3.63) is 142 Å². The van der Waals surface area contributed by atoms with Crippen molar-refractivity contribution in [3.8, 4) is 34.8 Å². The number of anilines is 3. The van der Waals surface area contributed by atoms with Gasteiger partial charge in [0.25, 0.3) is 17.1 Å². The Balaban J connectivity index is -0.000000790. The van der Waals surface area contributed by atoms with Gasteiger partial charge in [0.05, 0.1) is 84.1 Å². The molecule has 0 spiro atoms. The highest BCUT2D eigenvalue weighted by Crippen LogP contribution is 2.30. The molecule has 0 bridgehead atoms. The molecule has 0 unspecified atom stereocenters. The van der Waals surface area contributed by atoms with Crippen LogP contribution in [0.4, 0.5) is 34.1 Å². The van der Waals surface area contributed by atoms with E-state index in [0.717, 1.165) is 12.1 Å². The van der Waals surface area contributed by atoms with E-state index in [9.17, 15) is 44.7 Å². The van der Waals surface area contributed by atoms with Gasteiger partial charge in [-0.3, -0.25) is 39.4 Å². The molecule has 0 radical (unpaired) electrons. The van der Waals surface area contributed by atoms with E-state index in [1.165, 1.54) is 96.2 Å².